The first-order valence-corrected chi connectivity index (χ1v) is 7.59. The van der Waals surface area contributed by atoms with Gasteiger partial charge in [0.05, 0.1) is 13.2 Å². The van der Waals surface area contributed by atoms with Crippen molar-refractivity contribution in [3.05, 3.63) is 16.5 Å². The van der Waals surface area contributed by atoms with Crippen LogP contribution in [0.5, 0.6) is 0 Å². The van der Waals surface area contributed by atoms with E-state index in [0.29, 0.717) is 5.92 Å². The van der Waals surface area contributed by atoms with Crippen molar-refractivity contribution in [2.24, 2.45) is 0 Å². The predicted molar refractivity (Wildman–Crippen MR) is 77.9 cm³/mol. The monoisotopic (exact) mass is 340 g/mol. The SMILES string of the molecule is COC(=O)NC1CCN(c2cc(Br)nc(C3CC3)n2)C1. The summed E-state index contributed by atoms with van der Waals surface area (Å²) in [6, 6.07) is 2.05. The van der Waals surface area contributed by atoms with Gasteiger partial charge in [0.25, 0.3) is 0 Å². The van der Waals surface area contributed by atoms with E-state index in [9.17, 15) is 4.79 Å². The first kappa shape index (κ1) is 13.6. The van der Waals surface area contributed by atoms with Crippen LogP contribution in [0.3, 0.4) is 0 Å². The van der Waals surface area contributed by atoms with Crippen molar-refractivity contribution in [3.63, 3.8) is 0 Å². The highest BCUT2D eigenvalue weighted by Gasteiger charge is 2.29. The van der Waals surface area contributed by atoms with Gasteiger partial charge in [0.15, 0.2) is 0 Å². The lowest BCUT2D eigenvalue weighted by Gasteiger charge is -2.18. The number of nitrogens with one attached hydrogen (secondary N) is 1. The summed E-state index contributed by atoms with van der Waals surface area (Å²) in [7, 11) is 1.38. The molecular formula is C13H17BrN4O2. The number of hydrogen-bond acceptors (Lipinski definition) is 5. The minimum atomic E-state index is -0.376. The van der Waals surface area contributed by atoms with Crippen LogP contribution in [-0.2, 0) is 4.74 Å². The normalized spacial score (nSPS) is 21.9. The Labute approximate surface area is 126 Å². The summed E-state index contributed by atoms with van der Waals surface area (Å²) in [6.07, 6.45) is 2.89. The van der Waals surface area contributed by atoms with E-state index >= 15 is 0 Å². The van der Waals surface area contributed by atoms with Crippen LogP contribution < -0.4 is 10.2 Å². The average molecular weight is 341 g/mol. The van der Waals surface area contributed by atoms with Crippen LogP contribution in [0.25, 0.3) is 0 Å². The van der Waals surface area contributed by atoms with Crippen molar-refractivity contribution < 1.29 is 9.53 Å². The molecule has 0 aromatic carbocycles. The van der Waals surface area contributed by atoms with Crippen LogP contribution in [-0.4, -0.2) is 42.3 Å². The Morgan fingerprint density at radius 1 is 1.45 bits per heavy atom. The van der Waals surface area contributed by atoms with Gasteiger partial charge in [-0.2, -0.15) is 0 Å². The number of rotatable bonds is 3. The molecule has 0 bridgehead atoms. The summed E-state index contributed by atoms with van der Waals surface area (Å²) >= 11 is 3.46. The fraction of sp³-hybridized carbons (Fsp3) is 0.615. The highest BCUT2D eigenvalue weighted by molar-refractivity contribution is 9.10. The lowest BCUT2D eigenvalue weighted by Crippen LogP contribution is -2.37. The van der Waals surface area contributed by atoms with E-state index in [-0.39, 0.29) is 12.1 Å². The summed E-state index contributed by atoms with van der Waals surface area (Å²) in [5, 5.41) is 2.83. The van der Waals surface area contributed by atoms with E-state index in [2.05, 4.69) is 40.9 Å². The van der Waals surface area contributed by atoms with Crippen molar-refractivity contribution in [3.8, 4) is 0 Å². The lowest BCUT2D eigenvalue weighted by atomic mass is 10.3. The molecule has 2 aliphatic rings. The molecular weight excluding hydrogens is 324 g/mol. The summed E-state index contributed by atoms with van der Waals surface area (Å²) in [5.74, 6) is 2.39. The smallest absolute Gasteiger partial charge is 0.407 e. The maximum Gasteiger partial charge on any atom is 0.407 e. The van der Waals surface area contributed by atoms with Gasteiger partial charge in [0.2, 0.25) is 0 Å². The molecule has 1 aliphatic carbocycles. The zero-order chi connectivity index (χ0) is 14.1. The van der Waals surface area contributed by atoms with Gasteiger partial charge < -0.3 is 15.0 Å². The molecule has 0 spiro atoms. The number of ether oxygens (including phenoxy) is 1. The second-order valence-electron chi connectivity index (χ2n) is 5.25. The Balaban J connectivity index is 1.69. The highest BCUT2D eigenvalue weighted by Crippen LogP contribution is 2.39. The van der Waals surface area contributed by atoms with Crippen LogP contribution in [0.1, 0.15) is 31.0 Å². The van der Waals surface area contributed by atoms with Gasteiger partial charge in [-0.25, -0.2) is 14.8 Å². The second-order valence-corrected chi connectivity index (χ2v) is 6.06. The van der Waals surface area contributed by atoms with E-state index in [1.54, 1.807) is 0 Å². The molecule has 1 saturated heterocycles. The number of carbonyl (C=O) groups excluding carboxylic acids is 1. The Bertz CT molecular complexity index is 521. The first-order chi connectivity index (χ1) is 9.65. The second kappa shape index (κ2) is 5.55. The lowest BCUT2D eigenvalue weighted by molar-refractivity contribution is 0.167. The largest absolute Gasteiger partial charge is 0.453 e. The molecule has 1 aliphatic heterocycles. The van der Waals surface area contributed by atoms with E-state index in [1.807, 2.05) is 6.07 Å². The summed E-state index contributed by atoms with van der Waals surface area (Å²) < 4.78 is 5.46. The highest BCUT2D eigenvalue weighted by atomic mass is 79.9. The van der Waals surface area contributed by atoms with Gasteiger partial charge in [0, 0.05) is 25.1 Å². The molecule has 1 unspecified atom stereocenters. The molecule has 1 saturated carbocycles. The van der Waals surface area contributed by atoms with Gasteiger partial charge >= 0.3 is 6.09 Å². The molecule has 20 heavy (non-hydrogen) atoms. The molecule has 1 N–H and O–H groups in total. The minimum absolute atomic E-state index is 0.112. The van der Waals surface area contributed by atoms with Gasteiger partial charge in [-0.3, -0.25) is 0 Å². The zero-order valence-electron chi connectivity index (χ0n) is 11.3. The number of aromatic nitrogens is 2. The molecule has 2 heterocycles. The van der Waals surface area contributed by atoms with E-state index in [4.69, 9.17) is 0 Å². The Kier molecular flexibility index (Phi) is 3.78. The number of halogens is 1. The van der Waals surface area contributed by atoms with Crippen molar-refractivity contribution in [2.75, 3.05) is 25.1 Å². The number of amides is 1. The van der Waals surface area contributed by atoms with Crippen LogP contribution in [0.15, 0.2) is 10.7 Å². The number of alkyl carbamates (subject to hydrolysis) is 1. The Hall–Kier alpha value is -1.37. The van der Waals surface area contributed by atoms with Crippen molar-refractivity contribution in [1.29, 1.82) is 0 Å². The van der Waals surface area contributed by atoms with Gasteiger partial charge in [0.1, 0.15) is 16.2 Å². The first-order valence-electron chi connectivity index (χ1n) is 6.79. The molecule has 1 amide bonds. The third-order valence-corrected chi connectivity index (χ3v) is 4.07. The predicted octanol–water partition coefficient (Wildman–Crippen LogP) is 2.05. The molecule has 7 heteroatoms. The number of anilines is 1. The van der Waals surface area contributed by atoms with Gasteiger partial charge in [-0.05, 0) is 35.2 Å². The topological polar surface area (TPSA) is 67.3 Å². The van der Waals surface area contributed by atoms with Crippen LogP contribution in [0.4, 0.5) is 10.6 Å². The minimum Gasteiger partial charge on any atom is -0.453 e. The van der Waals surface area contributed by atoms with Crippen LogP contribution in [0.2, 0.25) is 0 Å². The van der Waals surface area contributed by atoms with E-state index < -0.39 is 0 Å². The molecule has 1 aromatic rings. The molecule has 108 valence electrons. The molecule has 1 aromatic heterocycles. The van der Waals surface area contributed by atoms with Crippen molar-refractivity contribution in [2.45, 2.75) is 31.2 Å². The van der Waals surface area contributed by atoms with Gasteiger partial charge in [-0.1, -0.05) is 0 Å². The number of hydrogen-bond donors (Lipinski definition) is 1. The fourth-order valence-electron chi connectivity index (χ4n) is 2.42. The van der Waals surface area contributed by atoms with Crippen LogP contribution >= 0.6 is 15.9 Å². The molecule has 2 fully saturated rings. The number of methoxy groups -OCH3 is 1. The fourth-order valence-corrected chi connectivity index (χ4v) is 2.81. The molecule has 1 atom stereocenters. The summed E-state index contributed by atoms with van der Waals surface area (Å²) in [6.45, 7) is 1.63. The average Bonchev–Trinajstić information content (AvgIpc) is 3.18. The number of carbonyl (C=O) groups is 1. The van der Waals surface area contributed by atoms with Crippen LogP contribution in [0, 0.1) is 0 Å². The summed E-state index contributed by atoms with van der Waals surface area (Å²) in [5.41, 5.74) is 0. The molecule has 3 rings (SSSR count). The zero-order valence-corrected chi connectivity index (χ0v) is 12.9. The van der Waals surface area contributed by atoms with Gasteiger partial charge in [-0.15, -0.1) is 0 Å². The Morgan fingerprint density at radius 3 is 2.95 bits per heavy atom. The van der Waals surface area contributed by atoms with E-state index in [0.717, 1.165) is 35.8 Å². The maximum absolute atomic E-state index is 11.2. The van der Waals surface area contributed by atoms with E-state index in [1.165, 1.54) is 20.0 Å². The number of nitrogens with zero attached hydrogens (tertiary/aromatic N) is 3. The van der Waals surface area contributed by atoms with Crippen molar-refractivity contribution >= 4 is 27.8 Å². The third kappa shape index (κ3) is 3.03. The molecule has 6 nitrogen and oxygen atoms in total. The third-order valence-electron chi connectivity index (χ3n) is 3.66. The Morgan fingerprint density at radius 2 is 2.25 bits per heavy atom. The summed E-state index contributed by atoms with van der Waals surface area (Å²) in [4.78, 5) is 22.5. The standard InChI is InChI=1S/C13H17BrN4O2/c1-20-13(19)15-9-4-5-18(7-9)11-6-10(14)16-12(17-11)8-2-3-8/h6,8-9H,2-5,7H2,1H3,(H,15,19). The van der Waals surface area contributed by atoms with Crippen molar-refractivity contribution in [1.82, 2.24) is 15.3 Å². The maximum atomic E-state index is 11.2. The quantitative estimate of drug-likeness (QED) is 0.853. The molecule has 0 radical (unpaired) electrons.